The van der Waals surface area contributed by atoms with Crippen LogP contribution in [-0.2, 0) is 4.79 Å². The van der Waals surface area contributed by atoms with Crippen LogP contribution in [0.3, 0.4) is 0 Å². The van der Waals surface area contributed by atoms with E-state index in [9.17, 15) is 9.59 Å². The third kappa shape index (κ3) is 6.72. The second-order valence-electron chi connectivity index (χ2n) is 9.39. The number of rotatable bonds is 6. The number of hydrogen-bond acceptors (Lipinski definition) is 4. The fourth-order valence-electron chi connectivity index (χ4n) is 4.98. The van der Waals surface area contributed by atoms with Crippen molar-refractivity contribution in [3.63, 3.8) is 0 Å². The van der Waals surface area contributed by atoms with Gasteiger partial charge in [-0.1, -0.05) is 41.9 Å². The summed E-state index contributed by atoms with van der Waals surface area (Å²) in [6, 6.07) is 14.9. The summed E-state index contributed by atoms with van der Waals surface area (Å²) in [4.78, 5) is 28.3. The zero-order valence-electron chi connectivity index (χ0n) is 19.7. The number of halogens is 1. The number of nitrogens with zero attached hydrogens (tertiary/aromatic N) is 2. The molecule has 2 heterocycles. The second kappa shape index (κ2) is 11.7. The van der Waals surface area contributed by atoms with Gasteiger partial charge in [0.15, 0.2) is 0 Å². The summed E-state index contributed by atoms with van der Waals surface area (Å²) in [5.41, 5.74) is 4.38. The van der Waals surface area contributed by atoms with Gasteiger partial charge in [-0.15, -0.1) is 0 Å². The van der Waals surface area contributed by atoms with Crippen LogP contribution in [0.4, 0.5) is 10.5 Å². The average molecular weight is 484 g/mol. The third-order valence-corrected chi connectivity index (χ3v) is 7.26. The van der Waals surface area contributed by atoms with Crippen molar-refractivity contribution in [1.29, 1.82) is 0 Å². The quantitative estimate of drug-likeness (QED) is 0.573. The number of hydrogen-bond donors (Lipinski definition) is 3. The number of hydrazine groups is 1. The van der Waals surface area contributed by atoms with Crippen LogP contribution in [0.25, 0.3) is 0 Å². The van der Waals surface area contributed by atoms with Crippen molar-refractivity contribution in [2.75, 3.05) is 38.5 Å². The summed E-state index contributed by atoms with van der Waals surface area (Å²) >= 11 is 5.92. The Morgan fingerprint density at radius 2 is 1.47 bits per heavy atom. The largest absolute Gasteiger partial charge is 0.322 e. The van der Waals surface area contributed by atoms with Crippen LogP contribution >= 0.6 is 11.6 Å². The van der Waals surface area contributed by atoms with E-state index in [4.69, 9.17) is 11.6 Å². The first-order chi connectivity index (χ1) is 16.5. The van der Waals surface area contributed by atoms with E-state index in [-0.39, 0.29) is 5.91 Å². The maximum Gasteiger partial charge on any atom is 0.320 e. The fourth-order valence-corrected chi connectivity index (χ4v) is 5.11. The molecule has 2 saturated heterocycles. The molecule has 1 unspecified atom stereocenters. The Morgan fingerprint density at radius 1 is 0.882 bits per heavy atom. The van der Waals surface area contributed by atoms with Gasteiger partial charge in [-0.25, -0.2) is 9.80 Å². The van der Waals surface area contributed by atoms with E-state index in [2.05, 4.69) is 28.0 Å². The maximum absolute atomic E-state index is 13.2. The zero-order chi connectivity index (χ0) is 23.9. The minimum atomic E-state index is -0.805. The van der Waals surface area contributed by atoms with E-state index >= 15 is 0 Å². The lowest BCUT2D eigenvalue weighted by Gasteiger charge is -2.39. The van der Waals surface area contributed by atoms with E-state index < -0.39 is 12.1 Å². The van der Waals surface area contributed by atoms with Crippen LogP contribution in [0.15, 0.2) is 54.6 Å². The highest BCUT2D eigenvalue weighted by atomic mass is 35.5. The number of nitrogens with one attached hydrogen (secondary N) is 3. The number of likely N-dealkylation sites (tertiary alicyclic amines) is 1. The molecule has 2 aliphatic rings. The van der Waals surface area contributed by atoms with Crippen molar-refractivity contribution in [1.82, 2.24) is 20.7 Å². The van der Waals surface area contributed by atoms with Crippen LogP contribution in [-0.4, -0.2) is 55.1 Å². The smallest absolute Gasteiger partial charge is 0.320 e. The molecule has 182 valence electrons. The van der Waals surface area contributed by atoms with E-state index in [0.29, 0.717) is 10.7 Å². The number of carbonyl (C=O) groups excluding carboxylic acids is 2. The molecule has 0 radical (unpaired) electrons. The highest BCUT2D eigenvalue weighted by Crippen LogP contribution is 2.31. The van der Waals surface area contributed by atoms with Gasteiger partial charge in [0.2, 0.25) is 0 Å². The van der Waals surface area contributed by atoms with Crippen molar-refractivity contribution in [2.24, 2.45) is 11.8 Å². The summed E-state index contributed by atoms with van der Waals surface area (Å²) < 4.78 is 0. The first-order valence-electron chi connectivity index (χ1n) is 12.1. The van der Waals surface area contributed by atoms with Gasteiger partial charge in [0.25, 0.3) is 5.91 Å². The Bertz CT molecular complexity index is 939. The van der Waals surface area contributed by atoms with E-state index in [1.807, 2.05) is 35.3 Å². The molecule has 0 bridgehead atoms. The molecular weight excluding hydrogens is 450 g/mol. The number of benzene rings is 2. The molecule has 0 spiro atoms. The van der Waals surface area contributed by atoms with Crippen molar-refractivity contribution in [3.8, 4) is 0 Å². The van der Waals surface area contributed by atoms with Crippen molar-refractivity contribution in [2.45, 2.75) is 31.7 Å². The molecule has 1 atom stereocenters. The molecule has 2 aromatic rings. The number of piperidine rings is 2. The van der Waals surface area contributed by atoms with Crippen LogP contribution in [0, 0.1) is 11.8 Å². The van der Waals surface area contributed by atoms with Crippen molar-refractivity contribution < 1.29 is 9.59 Å². The van der Waals surface area contributed by atoms with Crippen molar-refractivity contribution >= 4 is 29.2 Å². The number of anilines is 1. The lowest BCUT2D eigenvalue weighted by atomic mass is 9.79. The summed E-state index contributed by atoms with van der Waals surface area (Å²) in [5.74, 6) is 1.29. The summed E-state index contributed by atoms with van der Waals surface area (Å²) in [5, 5.41) is 8.18. The molecule has 8 heteroatoms. The second-order valence-corrected chi connectivity index (χ2v) is 9.83. The molecule has 2 aliphatic heterocycles. The SMILES string of the molecule is CN1CCC(C2CCN(NC(=O)C(NC(=O)Nc3ccc(Cl)cc3)c3ccccc3)CC2)CC1. The monoisotopic (exact) mass is 483 g/mol. The molecule has 34 heavy (non-hydrogen) atoms. The molecule has 0 saturated carbocycles. The first-order valence-corrected chi connectivity index (χ1v) is 12.5. The van der Waals surface area contributed by atoms with E-state index in [0.717, 1.165) is 43.3 Å². The minimum Gasteiger partial charge on any atom is -0.322 e. The molecule has 2 fully saturated rings. The Kier molecular flexibility index (Phi) is 8.43. The molecule has 2 aromatic carbocycles. The highest BCUT2D eigenvalue weighted by Gasteiger charge is 2.31. The predicted octanol–water partition coefficient (Wildman–Crippen LogP) is 4.29. The van der Waals surface area contributed by atoms with Crippen LogP contribution in [0.2, 0.25) is 5.02 Å². The standard InChI is InChI=1S/C26H34ClN5O2/c1-31-15-11-19(12-16-31)20-13-17-32(18-14-20)30-25(33)24(21-5-3-2-4-6-21)29-26(34)28-23-9-7-22(27)8-10-23/h2-10,19-20,24H,11-18H2,1H3,(H,30,33)(H2,28,29,34). The topological polar surface area (TPSA) is 76.7 Å². The Hall–Kier alpha value is -2.61. The molecule has 0 aromatic heterocycles. The van der Waals surface area contributed by atoms with Crippen molar-refractivity contribution in [3.05, 3.63) is 65.2 Å². The van der Waals surface area contributed by atoms with Gasteiger partial charge in [0, 0.05) is 23.8 Å². The highest BCUT2D eigenvalue weighted by molar-refractivity contribution is 6.30. The number of amides is 3. The third-order valence-electron chi connectivity index (χ3n) is 7.01. The Morgan fingerprint density at radius 3 is 2.09 bits per heavy atom. The minimum absolute atomic E-state index is 0.241. The summed E-state index contributed by atoms with van der Waals surface area (Å²) in [7, 11) is 2.20. The van der Waals surface area contributed by atoms with Gasteiger partial charge in [0.1, 0.15) is 6.04 Å². The predicted molar refractivity (Wildman–Crippen MR) is 135 cm³/mol. The van der Waals surface area contributed by atoms with Crippen LogP contribution in [0.1, 0.15) is 37.3 Å². The number of urea groups is 1. The summed E-state index contributed by atoms with van der Waals surface area (Å²) in [6.45, 7) is 4.04. The molecule has 7 nitrogen and oxygen atoms in total. The van der Waals surface area contributed by atoms with Gasteiger partial charge in [0.05, 0.1) is 0 Å². The Labute approximate surface area is 206 Å². The van der Waals surface area contributed by atoms with E-state index in [1.165, 1.54) is 25.9 Å². The lowest BCUT2D eigenvalue weighted by Crippen LogP contribution is -2.52. The van der Waals surface area contributed by atoms with Gasteiger partial charge in [-0.2, -0.15) is 0 Å². The van der Waals surface area contributed by atoms with Gasteiger partial charge in [-0.05, 0) is 87.5 Å². The lowest BCUT2D eigenvalue weighted by molar-refractivity contribution is -0.128. The van der Waals surface area contributed by atoms with Gasteiger partial charge < -0.3 is 15.5 Å². The number of carbonyl (C=O) groups is 2. The maximum atomic E-state index is 13.2. The van der Waals surface area contributed by atoms with Crippen LogP contribution in [0.5, 0.6) is 0 Å². The van der Waals surface area contributed by atoms with Gasteiger partial charge in [-0.3, -0.25) is 10.2 Å². The molecular formula is C26H34ClN5O2. The van der Waals surface area contributed by atoms with Crippen LogP contribution < -0.4 is 16.1 Å². The summed E-state index contributed by atoms with van der Waals surface area (Å²) in [6.07, 6.45) is 4.73. The zero-order valence-corrected chi connectivity index (χ0v) is 20.4. The average Bonchev–Trinajstić information content (AvgIpc) is 2.85. The molecule has 4 rings (SSSR count). The Balaban J connectivity index is 1.33. The van der Waals surface area contributed by atoms with E-state index in [1.54, 1.807) is 24.3 Å². The normalized spacial score (nSPS) is 19.4. The van der Waals surface area contributed by atoms with Gasteiger partial charge >= 0.3 is 6.03 Å². The first kappa shape index (κ1) is 24.5. The fraction of sp³-hybridized carbons (Fsp3) is 0.462. The molecule has 3 amide bonds. The molecule has 0 aliphatic carbocycles. The molecule has 3 N–H and O–H groups in total.